The Labute approximate surface area is 168 Å². The summed E-state index contributed by atoms with van der Waals surface area (Å²) in [6, 6.07) is 12.7. The van der Waals surface area contributed by atoms with Gasteiger partial charge < -0.3 is 24.5 Å². The summed E-state index contributed by atoms with van der Waals surface area (Å²) in [5.41, 5.74) is 2.82. The number of rotatable bonds is 6. The predicted molar refractivity (Wildman–Crippen MR) is 107 cm³/mol. The van der Waals surface area contributed by atoms with E-state index in [-0.39, 0.29) is 25.2 Å². The molecule has 2 heterocycles. The Morgan fingerprint density at radius 1 is 1.21 bits per heavy atom. The minimum atomic E-state index is -0.336. The molecule has 1 N–H and O–H groups in total. The first-order chi connectivity index (χ1) is 14.1. The molecule has 2 aromatic carbocycles. The van der Waals surface area contributed by atoms with Crippen LogP contribution in [0.5, 0.6) is 11.5 Å². The second-order valence-corrected chi connectivity index (χ2v) is 6.77. The van der Waals surface area contributed by atoms with E-state index in [1.54, 1.807) is 30.0 Å². The highest BCUT2D eigenvalue weighted by Crippen LogP contribution is 2.32. The Morgan fingerprint density at radius 3 is 2.90 bits per heavy atom. The lowest BCUT2D eigenvalue weighted by atomic mass is 10.1. The van der Waals surface area contributed by atoms with Crippen LogP contribution in [0.2, 0.25) is 0 Å². The molecule has 0 unspecified atom stereocenters. The van der Waals surface area contributed by atoms with Gasteiger partial charge in [-0.1, -0.05) is 11.2 Å². The molecule has 29 heavy (non-hydrogen) atoms. The van der Waals surface area contributed by atoms with Crippen LogP contribution in [-0.4, -0.2) is 37.5 Å². The van der Waals surface area contributed by atoms with E-state index in [1.807, 2.05) is 24.3 Å². The number of hydrogen-bond donors (Lipinski definition) is 1. The van der Waals surface area contributed by atoms with Gasteiger partial charge in [0.1, 0.15) is 0 Å². The topological polar surface area (TPSA) is 89.5 Å². The molecule has 2 amide bonds. The highest BCUT2D eigenvalue weighted by atomic mass is 16.7. The predicted octanol–water partition coefficient (Wildman–Crippen LogP) is 2.92. The summed E-state index contributed by atoms with van der Waals surface area (Å²) in [5.74, 6) is 1.12. The molecule has 0 radical (unpaired) electrons. The fourth-order valence-electron chi connectivity index (χ4n) is 3.23. The van der Waals surface area contributed by atoms with Gasteiger partial charge in [-0.25, -0.2) is 0 Å². The van der Waals surface area contributed by atoms with E-state index in [0.717, 1.165) is 17.7 Å². The number of carbonyl (C=O) groups is 2. The van der Waals surface area contributed by atoms with Crippen LogP contribution in [0.1, 0.15) is 25.3 Å². The average molecular weight is 395 g/mol. The molecule has 0 saturated carbocycles. The third-order valence-electron chi connectivity index (χ3n) is 4.70. The highest BCUT2D eigenvalue weighted by molar-refractivity contribution is 5.99. The van der Waals surface area contributed by atoms with Crippen molar-refractivity contribution in [3.8, 4) is 11.5 Å². The Bertz CT molecular complexity index is 973. The van der Waals surface area contributed by atoms with E-state index in [0.29, 0.717) is 35.9 Å². The SMILES string of the molecule is C/C(=N/OCC(=O)Nc1cccc(N2CCCC2=O)c1)c1ccc2c(c1)OCO2. The lowest BCUT2D eigenvalue weighted by Crippen LogP contribution is -2.24. The molecular formula is C21H21N3O5. The van der Waals surface area contributed by atoms with Crippen molar-refractivity contribution in [2.75, 3.05) is 30.2 Å². The number of carbonyl (C=O) groups excluding carboxylic acids is 2. The van der Waals surface area contributed by atoms with Gasteiger partial charge in [0, 0.05) is 29.9 Å². The molecule has 2 aliphatic rings. The molecule has 150 valence electrons. The van der Waals surface area contributed by atoms with E-state index in [2.05, 4.69) is 10.5 Å². The highest BCUT2D eigenvalue weighted by Gasteiger charge is 2.21. The van der Waals surface area contributed by atoms with Crippen LogP contribution in [0.3, 0.4) is 0 Å². The van der Waals surface area contributed by atoms with Crippen LogP contribution >= 0.6 is 0 Å². The number of hydrogen-bond acceptors (Lipinski definition) is 6. The summed E-state index contributed by atoms with van der Waals surface area (Å²) in [6.45, 7) is 2.46. The normalized spacial score (nSPS) is 15.6. The van der Waals surface area contributed by atoms with Gasteiger partial charge in [0.2, 0.25) is 12.7 Å². The zero-order valence-corrected chi connectivity index (χ0v) is 16.0. The quantitative estimate of drug-likeness (QED) is 0.600. The van der Waals surface area contributed by atoms with Crippen molar-refractivity contribution >= 4 is 28.9 Å². The third-order valence-corrected chi connectivity index (χ3v) is 4.70. The van der Waals surface area contributed by atoms with Gasteiger partial charge in [-0.05, 0) is 49.7 Å². The van der Waals surface area contributed by atoms with Crippen LogP contribution in [0.15, 0.2) is 47.6 Å². The van der Waals surface area contributed by atoms with Crippen molar-refractivity contribution in [2.45, 2.75) is 19.8 Å². The summed E-state index contributed by atoms with van der Waals surface area (Å²) in [6.07, 6.45) is 1.41. The maximum Gasteiger partial charge on any atom is 0.265 e. The largest absolute Gasteiger partial charge is 0.454 e. The first-order valence-corrected chi connectivity index (χ1v) is 9.37. The molecule has 8 heteroatoms. The molecule has 0 aliphatic carbocycles. The minimum absolute atomic E-state index is 0.102. The molecule has 0 atom stereocenters. The third kappa shape index (κ3) is 4.31. The van der Waals surface area contributed by atoms with Gasteiger partial charge in [-0.3, -0.25) is 9.59 Å². The number of amides is 2. The van der Waals surface area contributed by atoms with Gasteiger partial charge >= 0.3 is 0 Å². The second kappa shape index (κ2) is 8.22. The lowest BCUT2D eigenvalue weighted by Gasteiger charge is -2.16. The lowest BCUT2D eigenvalue weighted by molar-refractivity contribution is -0.120. The number of anilines is 2. The van der Waals surface area contributed by atoms with Crippen molar-refractivity contribution in [3.05, 3.63) is 48.0 Å². The summed E-state index contributed by atoms with van der Waals surface area (Å²) in [5, 5.41) is 6.76. The summed E-state index contributed by atoms with van der Waals surface area (Å²) in [4.78, 5) is 31.0. The summed E-state index contributed by atoms with van der Waals surface area (Å²) >= 11 is 0. The zero-order valence-electron chi connectivity index (χ0n) is 16.0. The molecule has 4 rings (SSSR count). The van der Waals surface area contributed by atoms with Gasteiger partial charge in [-0.2, -0.15) is 0 Å². The van der Waals surface area contributed by atoms with Crippen LogP contribution in [0, 0.1) is 0 Å². The number of benzene rings is 2. The smallest absolute Gasteiger partial charge is 0.265 e. The zero-order chi connectivity index (χ0) is 20.2. The number of ether oxygens (including phenoxy) is 2. The monoisotopic (exact) mass is 395 g/mol. The van der Waals surface area contributed by atoms with Crippen molar-refractivity contribution in [1.82, 2.24) is 0 Å². The van der Waals surface area contributed by atoms with Gasteiger partial charge in [0.25, 0.3) is 5.91 Å². The van der Waals surface area contributed by atoms with E-state index in [1.165, 1.54) is 0 Å². The first kappa shape index (κ1) is 18.8. The number of fused-ring (bicyclic) bond motifs is 1. The molecule has 2 aliphatic heterocycles. The van der Waals surface area contributed by atoms with Crippen molar-refractivity contribution in [3.63, 3.8) is 0 Å². The number of nitrogens with zero attached hydrogens (tertiary/aromatic N) is 2. The molecule has 0 aromatic heterocycles. The number of nitrogens with one attached hydrogen (secondary N) is 1. The second-order valence-electron chi connectivity index (χ2n) is 6.77. The molecule has 2 aromatic rings. The van der Waals surface area contributed by atoms with Gasteiger partial charge in [0.15, 0.2) is 18.1 Å². The fraction of sp³-hybridized carbons (Fsp3) is 0.286. The van der Waals surface area contributed by atoms with Crippen molar-refractivity contribution in [1.29, 1.82) is 0 Å². The number of oxime groups is 1. The maximum absolute atomic E-state index is 12.2. The Kier molecular flexibility index (Phi) is 5.33. The van der Waals surface area contributed by atoms with Crippen LogP contribution in [0.4, 0.5) is 11.4 Å². The Hall–Kier alpha value is -3.55. The molecular weight excluding hydrogens is 374 g/mol. The van der Waals surface area contributed by atoms with E-state index in [9.17, 15) is 9.59 Å². The molecule has 0 spiro atoms. The Balaban J connectivity index is 1.32. The standard InChI is InChI=1S/C21H21N3O5/c1-14(15-7-8-18-19(10-15)28-13-27-18)23-29-12-20(25)22-16-4-2-5-17(11-16)24-9-3-6-21(24)26/h2,4-5,7-8,10-11H,3,6,9,12-13H2,1H3,(H,22,25)/b23-14-. The van der Waals surface area contributed by atoms with Crippen LogP contribution in [-0.2, 0) is 14.4 Å². The van der Waals surface area contributed by atoms with Crippen molar-refractivity contribution < 1.29 is 23.9 Å². The van der Waals surface area contributed by atoms with E-state index < -0.39 is 0 Å². The molecule has 1 fully saturated rings. The molecule has 0 bridgehead atoms. The summed E-state index contributed by atoms with van der Waals surface area (Å²) in [7, 11) is 0. The molecule has 8 nitrogen and oxygen atoms in total. The van der Waals surface area contributed by atoms with Gasteiger partial charge in [0.05, 0.1) is 5.71 Å². The minimum Gasteiger partial charge on any atom is -0.454 e. The van der Waals surface area contributed by atoms with Gasteiger partial charge in [-0.15, -0.1) is 0 Å². The molecule has 1 saturated heterocycles. The maximum atomic E-state index is 12.2. The Morgan fingerprint density at radius 2 is 2.07 bits per heavy atom. The first-order valence-electron chi connectivity index (χ1n) is 9.37. The fourth-order valence-corrected chi connectivity index (χ4v) is 3.23. The van der Waals surface area contributed by atoms with Crippen LogP contribution < -0.4 is 19.7 Å². The van der Waals surface area contributed by atoms with E-state index in [4.69, 9.17) is 14.3 Å². The van der Waals surface area contributed by atoms with Crippen LogP contribution in [0.25, 0.3) is 0 Å². The average Bonchev–Trinajstić information content (AvgIpc) is 3.36. The van der Waals surface area contributed by atoms with Crippen molar-refractivity contribution in [2.24, 2.45) is 5.16 Å². The van der Waals surface area contributed by atoms with E-state index >= 15 is 0 Å². The summed E-state index contributed by atoms with van der Waals surface area (Å²) < 4.78 is 10.6.